The number of carboxylic acid groups (broad SMARTS) is 1. The average molecular weight is 311 g/mol. The van der Waals surface area contributed by atoms with Gasteiger partial charge in [0.1, 0.15) is 5.01 Å². The van der Waals surface area contributed by atoms with Crippen LogP contribution >= 0.6 is 11.3 Å². The molecule has 1 aliphatic carbocycles. The van der Waals surface area contributed by atoms with Gasteiger partial charge in [-0.3, -0.25) is 4.79 Å². The zero-order chi connectivity index (χ0) is 15.6. The Morgan fingerprint density at radius 3 is 2.86 bits per heavy atom. The number of carboxylic acids is 1. The largest absolute Gasteiger partial charge is 0.481 e. The summed E-state index contributed by atoms with van der Waals surface area (Å²) in [6, 6.07) is -0.865. The van der Waals surface area contributed by atoms with E-state index in [9.17, 15) is 14.7 Å². The maximum atomic E-state index is 12.1. The second-order valence-corrected chi connectivity index (χ2v) is 7.08. The van der Waals surface area contributed by atoms with Gasteiger partial charge < -0.3 is 15.7 Å². The third-order valence-corrected chi connectivity index (χ3v) is 5.20. The van der Waals surface area contributed by atoms with Crippen LogP contribution in [0.15, 0.2) is 6.20 Å². The topological polar surface area (TPSA) is 91.3 Å². The summed E-state index contributed by atoms with van der Waals surface area (Å²) in [5, 5.41) is 15.8. The van der Waals surface area contributed by atoms with Crippen molar-refractivity contribution >= 4 is 23.3 Å². The zero-order valence-electron chi connectivity index (χ0n) is 12.5. The maximum Gasteiger partial charge on any atom is 0.315 e. The Morgan fingerprint density at radius 2 is 2.29 bits per heavy atom. The van der Waals surface area contributed by atoms with Crippen LogP contribution < -0.4 is 10.6 Å². The summed E-state index contributed by atoms with van der Waals surface area (Å²) >= 11 is 1.54. The number of thiazole rings is 1. The first-order valence-corrected chi connectivity index (χ1v) is 7.87. The molecular weight excluding hydrogens is 290 g/mol. The molecule has 0 aromatic carbocycles. The number of rotatable bonds is 4. The van der Waals surface area contributed by atoms with Gasteiger partial charge in [0.2, 0.25) is 0 Å². The third-order valence-electron chi connectivity index (χ3n) is 4.11. The van der Waals surface area contributed by atoms with Gasteiger partial charge in [0, 0.05) is 17.1 Å². The summed E-state index contributed by atoms with van der Waals surface area (Å²) in [6.45, 7) is 5.52. The van der Waals surface area contributed by atoms with Crippen molar-refractivity contribution in [2.45, 2.75) is 52.1 Å². The molecule has 1 aromatic heterocycles. The molecule has 3 N–H and O–H groups in total. The highest BCUT2D eigenvalue weighted by Crippen LogP contribution is 2.38. The molecule has 1 aliphatic rings. The van der Waals surface area contributed by atoms with Crippen LogP contribution in [0.25, 0.3) is 0 Å². The second kappa shape index (κ2) is 6.01. The number of urea groups is 1. The monoisotopic (exact) mass is 311 g/mol. The van der Waals surface area contributed by atoms with E-state index in [-0.39, 0.29) is 18.1 Å². The van der Waals surface area contributed by atoms with Crippen molar-refractivity contribution in [3.63, 3.8) is 0 Å². The van der Waals surface area contributed by atoms with Crippen molar-refractivity contribution in [2.24, 2.45) is 5.41 Å². The zero-order valence-corrected chi connectivity index (χ0v) is 13.3. The van der Waals surface area contributed by atoms with Gasteiger partial charge in [-0.05, 0) is 33.6 Å². The number of nitrogens with one attached hydrogen (secondary N) is 2. The fourth-order valence-electron chi connectivity index (χ4n) is 2.68. The molecule has 21 heavy (non-hydrogen) atoms. The normalized spacial score (nSPS) is 26.3. The molecule has 0 bridgehead atoms. The average Bonchev–Trinajstić information content (AvgIpc) is 2.97. The van der Waals surface area contributed by atoms with E-state index in [0.29, 0.717) is 12.8 Å². The highest BCUT2D eigenvalue weighted by Gasteiger charge is 2.46. The Morgan fingerprint density at radius 1 is 1.57 bits per heavy atom. The van der Waals surface area contributed by atoms with Crippen LogP contribution in [0, 0.1) is 12.3 Å². The highest BCUT2D eigenvalue weighted by atomic mass is 32.1. The SMILES string of the molecule is Cc1cnc(C(C)NC(=O)NC2CCCC2(C)C(=O)O)s1. The van der Waals surface area contributed by atoms with E-state index in [1.165, 1.54) is 11.3 Å². The van der Waals surface area contributed by atoms with Gasteiger partial charge in [-0.15, -0.1) is 11.3 Å². The quantitative estimate of drug-likeness (QED) is 0.796. The van der Waals surface area contributed by atoms with Crippen LogP contribution in [0.2, 0.25) is 0 Å². The Bertz CT molecular complexity index is 545. The van der Waals surface area contributed by atoms with Gasteiger partial charge in [0.05, 0.1) is 11.5 Å². The molecule has 3 unspecified atom stereocenters. The van der Waals surface area contributed by atoms with E-state index in [0.717, 1.165) is 16.3 Å². The summed E-state index contributed by atoms with van der Waals surface area (Å²) in [4.78, 5) is 28.8. The number of hydrogen-bond donors (Lipinski definition) is 3. The predicted molar refractivity (Wildman–Crippen MR) is 80.3 cm³/mol. The molecule has 0 spiro atoms. The van der Waals surface area contributed by atoms with Crippen LogP contribution in [0.3, 0.4) is 0 Å². The molecule has 2 rings (SSSR count). The van der Waals surface area contributed by atoms with Gasteiger partial charge >= 0.3 is 12.0 Å². The van der Waals surface area contributed by atoms with E-state index in [4.69, 9.17) is 0 Å². The number of nitrogens with zero attached hydrogens (tertiary/aromatic N) is 1. The maximum absolute atomic E-state index is 12.1. The number of aryl methyl sites for hydroxylation is 1. The van der Waals surface area contributed by atoms with Gasteiger partial charge in [-0.25, -0.2) is 9.78 Å². The predicted octanol–water partition coefficient (Wildman–Crippen LogP) is 2.46. The van der Waals surface area contributed by atoms with E-state index < -0.39 is 11.4 Å². The summed E-state index contributed by atoms with van der Waals surface area (Å²) < 4.78 is 0. The molecule has 0 radical (unpaired) electrons. The van der Waals surface area contributed by atoms with E-state index in [1.54, 1.807) is 13.1 Å². The van der Waals surface area contributed by atoms with Gasteiger partial charge in [-0.2, -0.15) is 0 Å². The first-order valence-electron chi connectivity index (χ1n) is 7.05. The van der Waals surface area contributed by atoms with Crippen LogP contribution in [0.4, 0.5) is 4.79 Å². The van der Waals surface area contributed by atoms with E-state index >= 15 is 0 Å². The smallest absolute Gasteiger partial charge is 0.315 e. The molecule has 7 heteroatoms. The lowest BCUT2D eigenvalue weighted by molar-refractivity contribution is -0.148. The van der Waals surface area contributed by atoms with Crippen molar-refractivity contribution in [1.82, 2.24) is 15.6 Å². The van der Waals surface area contributed by atoms with Gasteiger partial charge in [-0.1, -0.05) is 6.42 Å². The molecule has 1 saturated carbocycles. The summed E-state index contributed by atoms with van der Waals surface area (Å²) in [5.41, 5.74) is -0.877. The number of carbonyl (C=O) groups excluding carboxylic acids is 1. The standard InChI is InChI=1S/C14H21N3O3S/c1-8-7-15-11(21-8)9(2)16-13(20)17-10-5-4-6-14(10,3)12(18)19/h7,9-10H,4-6H2,1-3H3,(H,18,19)(H2,16,17,20). The van der Waals surface area contributed by atoms with Crippen LogP contribution in [0.1, 0.15) is 49.0 Å². The lowest BCUT2D eigenvalue weighted by Crippen LogP contribution is -2.50. The minimum absolute atomic E-state index is 0.193. The lowest BCUT2D eigenvalue weighted by Gasteiger charge is -2.28. The number of aromatic nitrogens is 1. The summed E-state index contributed by atoms with van der Waals surface area (Å²) in [6.07, 6.45) is 3.87. The first kappa shape index (κ1) is 15.8. The van der Waals surface area contributed by atoms with Crippen LogP contribution in [-0.2, 0) is 4.79 Å². The van der Waals surface area contributed by atoms with Crippen molar-refractivity contribution in [3.05, 3.63) is 16.1 Å². The molecule has 1 aromatic rings. The molecule has 1 fully saturated rings. The fourth-order valence-corrected chi connectivity index (χ4v) is 3.46. The molecule has 0 aliphatic heterocycles. The fraction of sp³-hybridized carbons (Fsp3) is 0.643. The van der Waals surface area contributed by atoms with Crippen molar-refractivity contribution in [3.8, 4) is 0 Å². The lowest BCUT2D eigenvalue weighted by atomic mass is 9.85. The third kappa shape index (κ3) is 3.34. The van der Waals surface area contributed by atoms with Crippen molar-refractivity contribution < 1.29 is 14.7 Å². The van der Waals surface area contributed by atoms with Gasteiger partial charge in [0.15, 0.2) is 0 Å². The van der Waals surface area contributed by atoms with Crippen molar-refractivity contribution in [2.75, 3.05) is 0 Å². The number of amides is 2. The number of aliphatic carboxylic acids is 1. The van der Waals surface area contributed by atoms with Crippen LogP contribution in [0.5, 0.6) is 0 Å². The molecule has 1 heterocycles. The molecule has 3 atom stereocenters. The highest BCUT2D eigenvalue weighted by molar-refractivity contribution is 7.11. The van der Waals surface area contributed by atoms with E-state index in [1.807, 2.05) is 13.8 Å². The molecule has 0 saturated heterocycles. The summed E-state index contributed by atoms with van der Waals surface area (Å²) in [7, 11) is 0. The number of carbonyl (C=O) groups is 2. The Kier molecular flexibility index (Phi) is 4.51. The minimum Gasteiger partial charge on any atom is -0.481 e. The minimum atomic E-state index is -0.877. The van der Waals surface area contributed by atoms with E-state index in [2.05, 4.69) is 15.6 Å². The second-order valence-electron chi connectivity index (χ2n) is 5.82. The molecule has 116 valence electrons. The van der Waals surface area contributed by atoms with Gasteiger partial charge in [0.25, 0.3) is 0 Å². The molecule has 6 nitrogen and oxygen atoms in total. The Labute approximate surface area is 128 Å². The van der Waals surface area contributed by atoms with Crippen molar-refractivity contribution in [1.29, 1.82) is 0 Å². The molecular formula is C14H21N3O3S. The Balaban J connectivity index is 1.94. The number of hydrogen-bond acceptors (Lipinski definition) is 4. The first-order chi connectivity index (χ1) is 9.83. The van der Waals surface area contributed by atoms with Crippen LogP contribution in [-0.4, -0.2) is 28.1 Å². The molecule has 2 amide bonds. The summed E-state index contributed by atoms with van der Waals surface area (Å²) in [5.74, 6) is -0.853. The Hall–Kier alpha value is -1.63.